The number of sulfonamides is 1. The molecule has 2 aromatic rings. The van der Waals surface area contributed by atoms with Crippen LogP contribution in [-0.4, -0.2) is 31.0 Å². The fourth-order valence-electron chi connectivity index (χ4n) is 1.54. The summed E-state index contributed by atoms with van der Waals surface area (Å²) in [5, 5.41) is 1.05. The predicted molar refractivity (Wildman–Crippen MR) is 68.1 cm³/mol. The summed E-state index contributed by atoms with van der Waals surface area (Å²) in [7, 11) is -1.61. The normalized spacial score (nSPS) is 12.2. The molecule has 0 bridgehead atoms. The lowest BCUT2D eigenvalue weighted by Gasteiger charge is -2.13. The van der Waals surface area contributed by atoms with E-state index < -0.39 is 10.0 Å². The molecule has 5 heteroatoms. The Morgan fingerprint density at radius 2 is 1.88 bits per heavy atom. The summed E-state index contributed by atoms with van der Waals surface area (Å²) in [5.41, 5.74) is 1.63. The van der Waals surface area contributed by atoms with E-state index in [1.807, 2.05) is 36.4 Å². The highest BCUT2D eigenvalue weighted by Gasteiger charge is 2.11. The Bertz CT molecular complexity index is 638. The number of aromatic nitrogens is 1. The van der Waals surface area contributed by atoms with E-state index in [0.29, 0.717) is 6.54 Å². The van der Waals surface area contributed by atoms with Crippen LogP contribution in [0.15, 0.2) is 36.4 Å². The number of para-hydroxylation sites is 1. The number of nitrogens with zero attached hydrogens (tertiary/aromatic N) is 2. The molecule has 0 N–H and O–H groups in total. The summed E-state index contributed by atoms with van der Waals surface area (Å²) in [4.78, 5) is 4.42. The van der Waals surface area contributed by atoms with E-state index in [1.54, 1.807) is 7.05 Å². The minimum Gasteiger partial charge on any atom is -0.251 e. The van der Waals surface area contributed by atoms with E-state index in [0.717, 1.165) is 16.6 Å². The van der Waals surface area contributed by atoms with Crippen molar-refractivity contribution in [3.05, 3.63) is 42.1 Å². The third-order valence-electron chi connectivity index (χ3n) is 2.61. The molecular formula is C12H14N2O2S. The van der Waals surface area contributed by atoms with Crippen LogP contribution in [0.1, 0.15) is 5.69 Å². The lowest BCUT2D eigenvalue weighted by atomic mass is 10.2. The minimum atomic E-state index is -3.16. The van der Waals surface area contributed by atoms with Gasteiger partial charge in [0.1, 0.15) is 0 Å². The predicted octanol–water partition coefficient (Wildman–Crippen LogP) is 1.63. The summed E-state index contributed by atoms with van der Waals surface area (Å²) in [6.45, 7) is 0.295. The third kappa shape index (κ3) is 2.81. The van der Waals surface area contributed by atoms with Crippen molar-refractivity contribution < 1.29 is 8.42 Å². The monoisotopic (exact) mass is 250 g/mol. The molecule has 0 saturated heterocycles. The van der Waals surface area contributed by atoms with Gasteiger partial charge in [-0.05, 0) is 12.1 Å². The van der Waals surface area contributed by atoms with Gasteiger partial charge in [0.15, 0.2) is 0 Å². The fourth-order valence-corrected chi connectivity index (χ4v) is 1.91. The van der Waals surface area contributed by atoms with Gasteiger partial charge in [-0.15, -0.1) is 0 Å². The van der Waals surface area contributed by atoms with E-state index in [4.69, 9.17) is 0 Å². The van der Waals surface area contributed by atoms with Gasteiger partial charge < -0.3 is 0 Å². The van der Waals surface area contributed by atoms with Crippen molar-refractivity contribution in [2.24, 2.45) is 0 Å². The van der Waals surface area contributed by atoms with Gasteiger partial charge in [0, 0.05) is 12.4 Å². The zero-order valence-corrected chi connectivity index (χ0v) is 10.6. The van der Waals surface area contributed by atoms with Crippen LogP contribution < -0.4 is 0 Å². The van der Waals surface area contributed by atoms with Crippen LogP contribution in [0.25, 0.3) is 10.9 Å². The maximum atomic E-state index is 11.3. The Morgan fingerprint density at radius 1 is 1.18 bits per heavy atom. The van der Waals surface area contributed by atoms with Crippen LogP contribution in [0, 0.1) is 0 Å². The van der Waals surface area contributed by atoms with Crippen molar-refractivity contribution in [3.63, 3.8) is 0 Å². The van der Waals surface area contributed by atoms with Crippen molar-refractivity contribution in [1.82, 2.24) is 9.29 Å². The molecule has 0 aliphatic heterocycles. The molecular weight excluding hydrogens is 236 g/mol. The first-order valence-electron chi connectivity index (χ1n) is 5.23. The summed E-state index contributed by atoms with van der Waals surface area (Å²) < 4.78 is 23.9. The van der Waals surface area contributed by atoms with E-state index in [9.17, 15) is 8.42 Å². The zero-order valence-electron chi connectivity index (χ0n) is 9.79. The van der Waals surface area contributed by atoms with Gasteiger partial charge in [-0.3, -0.25) is 4.98 Å². The Labute approximate surface area is 101 Å². The average Bonchev–Trinajstić information content (AvgIpc) is 2.27. The van der Waals surface area contributed by atoms with Gasteiger partial charge in [0.25, 0.3) is 0 Å². The zero-order chi connectivity index (χ0) is 12.5. The first-order valence-corrected chi connectivity index (χ1v) is 7.07. The number of hydrogen-bond acceptors (Lipinski definition) is 3. The Hall–Kier alpha value is -1.46. The SMILES string of the molecule is CN(Cc1ccc2ccccc2n1)S(C)(=O)=O. The molecule has 0 spiro atoms. The van der Waals surface area contributed by atoms with Crippen molar-refractivity contribution in [2.75, 3.05) is 13.3 Å². The van der Waals surface area contributed by atoms with Gasteiger partial charge in [-0.25, -0.2) is 8.42 Å². The molecule has 0 unspecified atom stereocenters. The van der Waals surface area contributed by atoms with E-state index in [1.165, 1.54) is 10.6 Å². The van der Waals surface area contributed by atoms with Crippen LogP contribution in [0.4, 0.5) is 0 Å². The maximum Gasteiger partial charge on any atom is 0.211 e. The van der Waals surface area contributed by atoms with Gasteiger partial charge in [0.2, 0.25) is 10.0 Å². The topological polar surface area (TPSA) is 50.3 Å². The first-order chi connectivity index (χ1) is 7.97. The van der Waals surface area contributed by atoms with Crippen molar-refractivity contribution in [1.29, 1.82) is 0 Å². The second kappa shape index (κ2) is 4.43. The quantitative estimate of drug-likeness (QED) is 0.832. The molecule has 1 heterocycles. The van der Waals surface area contributed by atoms with Crippen molar-refractivity contribution in [2.45, 2.75) is 6.54 Å². The Morgan fingerprint density at radius 3 is 2.59 bits per heavy atom. The largest absolute Gasteiger partial charge is 0.251 e. The number of rotatable bonds is 3. The van der Waals surface area contributed by atoms with Crippen LogP contribution in [0.2, 0.25) is 0 Å². The molecule has 0 amide bonds. The maximum absolute atomic E-state index is 11.3. The van der Waals surface area contributed by atoms with E-state index in [-0.39, 0.29) is 0 Å². The van der Waals surface area contributed by atoms with Gasteiger partial charge in [0.05, 0.1) is 24.0 Å². The van der Waals surface area contributed by atoms with Gasteiger partial charge in [-0.2, -0.15) is 4.31 Å². The molecule has 4 nitrogen and oxygen atoms in total. The average molecular weight is 250 g/mol. The second-order valence-electron chi connectivity index (χ2n) is 4.01. The summed E-state index contributed by atoms with van der Waals surface area (Å²) in [5.74, 6) is 0. The van der Waals surface area contributed by atoms with E-state index in [2.05, 4.69) is 4.98 Å². The highest BCUT2D eigenvalue weighted by molar-refractivity contribution is 7.88. The lowest BCUT2D eigenvalue weighted by molar-refractivity contribution is 0.468. The smallest absolute Gasteiger partial charge is 0.211 e. The Kier molecular flexibility index (Phi) is 3.13. The van der Waals surface area contributed by atoms with Gasteiger partial charge >= 0.3 is 0 Å². The number of fused-ring (bicyclic) bond motifs is 1. The van der Waals surface area contributed by atoms with Crippen LogP contribution in [0.5, 0.6) is 0 Å². The van der Waals surface area contributed by atoms with Crippen molar-refractivity contribution >= 4 is 20.9 Å². The molecule has 0 fully saturated rings. The molecule has 90 valence electrons. The minimum absolute atomic E-state index is 0.295. The summed E-state index contributed by atoms with van der Waals surface area (Å²) in [6.07, 6.45) is 1.19. The molecule has 17 heavy (non-hydrogen) atoms. The highest BCUT2D eigenvalue weighted by Crippen LogP contribution is 2.13. The van der Waals surface area contributed by atoms with Crippen LogP contribution in [0.3, 0.4) is 0 Å². The fraction of sp³-hybridized carbons (Fsp3) is 0.250. The van der Waals surface area contributed by atoms with Crippen LogP contribution >= 0.6 is 0 Å². The molecule has 2 rings (SSSR count). The molecule has 1 aromatic carbocycles. The summed E-state index contributed by atoms with van der Waals surface area (Å²) in [6, 6.07) is 11.6. The van der Waals surface area contributed by atoms with Gasteiger partial charge in [-0.1, -0.05) is 24.3 Å². The lowest BCUT2D eigenvalue weighted by Crippen LogP contribution is -2.25. The molecule has 0 radical (unpaired) electrons. The van der Waals surface area contributed by atoms with Crippen LogP contribution in [-0.2, 0) is 16.6 Å². The Balaban J connectivity index is 2.31. The summed E-state index contributed by atoms with van der Waals surface area (Å²) >= 11 is 0. The number of benzene rings is 1. The standard InChI is InChI=1S/C12H14N2O2S/c1-14(17(2,15)16)9-11-8-7-10-5-3-4-6-12(10)13-11/h3-8H,9H2,1-2H3. The number of hydrogen-bond donors (Lipinski definition) is 0. The first kappa shape index (κ1) is 12.0. The third-order valence-corrected chi connectivity index (χ3v) is 3.87. The van der Waals surface area contributed by atoms with Crippen molar-refractivity contribution in [3.8, 4) is 0 Å². The second-order valence-corrected chi connectivity index (χ2v) is 6.10. The number of pyridine rings is 1. The molecule has 0 aliphatic carbocycles. The molecule has 0 saturated carbocycles. The van der Waals surface area contributed by atoms with E-state index >= 15 is 0 Å². The molecule has 0 aliphatic rings. The molecule has 1 aromatic heterocycles. The highest BCUT2D eigenvalue weighted by atomic mass is 32.2. The molecule has 0 atom stereocenters.